The van der Waals surface area contributed by atoms with Gasteiger partial charge in [0, 0.05) is 6.07 Å². The van der Waals surface area contributed by atoms with Crippen molar-refractivity contribution in [2.24, 2.45) is 0 Å². The standard InChI is InChI=1S/C6H5NO3.C2H6/c8-6-3-1-2-5(4-6)7(9)10;1-2/h1-4,8H;1-2H3. The van der Waals surface area contributed by atoms with Gasteiger partial charge in [-0.25, -0.2) is 0 Å². The largest absolute Gasteiger partial charge is 0.508 e. The van der Waals surface area contributed by atoms with Crippen LogP contribution in [0.15, 0.2) is 24.3 Å². The van der Waals surface area contributed by atoms with E-state index in [4.69, 9.17) is 5.11 Å². The number of nitro benzene ring substituents is 1. The predicted molar refractivity (Wildman–Crippen MR) is 46.1 cm³/mol. The van der Waals surface area contributed by atoms with Gasteiger partial charge in [0.2, 0.25) is 0 Å². The molecular formula is C8H11NO3. The highest BCUT2D eigenvalue weighted by molar-refractivity contribution is 5.36. The topological polar surface area (TPSA) is 63.4 Å². The molecule has 0 aliphatic carbocycles. The number of nitro groups is 1. The minimum absolute atomic E-state index is 0.0887. The Kier molecular flexibility index (Phi) is 4.45. The van der Waals surface area contributed by atoms with E-state index in [0.29, 0.717) is 0 Å². The van der Waals surface area contributed by atoms with Crippen molar-refractivity contribution >= 4 is 5.69 Å². The fourth-order valence-electron chi connectivity index (χ4n) is 0.607. The van der Waals surface area contributed by atoms with Gasteiger partial charge in [-0.1, -0.05) is 19.9 Å². The molecule has 0 amide bonds. The number of benzene rings is 1. The summed E-state index contributed by atoms with van der Waals surface area (Å²) in [6.07, 6.45) is 0. The maximum Gasteiger partial charge on any atom is 0.273 e. The van der Waals surface area contributed by atoms with Crippen LogP contribution in [0.2, 0.25) is 0 Å². The highest BCUT2D eigenvalue weighted by Crippen LogP contribution is 2.16. The van der Waals surface area contributed by atoms with Crippen molar-refractivity contribution in [3.63, 3.8) is 0 Å². The van der Waals surface area contributed by atoms with E-state index in [1.54, 1.807) is 0 Å². The highest BCUT2D eigenvalue weighted by atomic mass is 16.6. The number of nitrogens with zero attached hydrogens (tertiary/aromatic N) is 1. The van der Waals surface area contributed by atoms with Gasteiger partial charge < -0.3 is 5.11 Å². The van der Waals surface area contributed by atoms with Crippen LogP contribution in [0.4, 0.5) is 5.69 Å². The summed E-state index contributed by atoms with van der Waals surface area (Å²) < 4.78 is 0. The van der Waals surface area contributed by atoms with Gasteiger partial charge in [-0.05, 0) is 6.07 Å². The van der Waals surface area contributed by atoms with E-state index in [9.17, 15) is 10.1 Å². The SMILES string of the molecule is CC.O=[N+]([O-])c1cccc(O)c1. The average Bonchev–Trinajstić information content (AvgIpc) is 2.08. The smallest absolute Gasteiger partial charge is 0.273 e. The Bertz CT molecular complexity index is 260. The lowest BCUT2D eigenvalue weighted by atomic mass is 10.3. The molecule has 0 aromatic heterocycles. The van der Waals surface area contributed by atoms with Crippen molar-refractivity contribution in [2.75, 3.05) is 0 Å². The lowest BCUT2D eigenvalue weighted by Crippen LogP contribution is -1.85. The number of hydrogen-bond acceptors (Lipinski definition) is 3. The van der Waals surface area contributed by atoms with Crippen LogP contribution in [-0.2, 0) is 0 Å². The molecule has 0 unspecified atom stereocenters. The van der Waals surface area contributed by atoms with Gasteiger partial charge >= 0.3 is 0 Å². The molecule has 0 radical (unpaired) electrons. The van der Waals surface area contributed by atoms with Gasteiger partial charge in [-0.3, -0.25) is 10.1 Å². The quantitative estimate of drug-likeness (QED) is 0.518. The summed E-state index contributed by atoms with van der Waals surface area (Å²) in [6.45, 7) is 4.00. The molecule has 0 spiro atoms. The summed E-state index contributed by atoms with van der Waals surface area (Å²) in [5, 5.41) is 18.8. The second-order valence-electron chi connectivity index (χ2n) is 1.78. The van der Waals surface area contributed by atoms with Crippen molar-refractivity contribution in [1.29, 1.82) is 0 Å². The van der Waals surface area contributed by atoms with Crippen LogP contribution in [0.1, 0.15) is 13.8 Å². The van der Waals surface area contributed by atoms with Crippen molar-refractivity contribution in [3.05, 3.63) is 34.4 Å². The maximum absolute atomic E-state index is 10.0. The molecule has 0 atom stereocenters. The van der Waals surface area contributed by atoms with E-state index in [1.807, 2.05) is 13.8 Å². The van der Waals surface area contributed by atoms with Gasteiger partial charge in [0.15, 0.2) is 0 Å². The van der Waals surface area contributed by atoms with Crippen LogP contribution in [0, 0.1) is 10.1 Å². The Morgan fingerprint density at radius 2 is 2.00 bits per heavy atom. The molecule has 0 aliphatic rings. The van der Waals surface area contributed by atoms with Gasteiger partial charge in [0.25, 0.3) is 5.69 Å². The Labute approximate surface area is 70.6 Å². The molecule has 1 aromatic rings. The maximum atomic E-state index is 10.0. The molecule has 0 heterocycles. The average molecular weight is 169 g/mol. The third-order valence-corrected chi connectivity index (χ3v) is 1.04. The molecule has 0 bridgehead atoms. The first-order valence-corrected chi connectivity index (χ1v) is 3.63. The van der Waals surface area contributed by atoms with Crippen molar-refractivity contribution in [2.45, 2.75) is 13.8 Å². The molecule has 12 heavy (non-hydrogen) atoms. The number of phenolic OH excluding ortho intramolecular Hbond substituents is 1. The van der Waals surface area contributed by atoms with Gasteiger partial charge in [0.05, 0.1) is 11.0 Å². The number of hydrogen-bond donors (Lipinski definition) is 1. The van der Waals surface area contributed by atoms with Crippen LogP contribution in [0.25, 0.3) is 0 Å². The highest BCUT2D eigenvalue weighted by Gasteiger charge is 2.03. The molecule has 4 nitrogen and oxygen atoms in total. The summed E-state index contributed by atoms with van der Waals surface area (Å²) in [5.74, 6) is -0.0887. The number of non-ortho nitro benzene ring substituents is 1. The summed E-state index contributed by atoms with van der Waals surface area (Å²) in [4.78, 5) is 9.49. The van der Waals surface area contributed by atoms with E-state index in [2.05, 4.69) is 0 Å². The zero-order valence-corrected chi connectivity index (χ0v) is 7.02. The van der Waals surface area contributed by atoms with Crippen LogP contribution in [0.5, 0.6) is 5.75 Å². The zero-order chi connectivity index (χ0) is 9.56. The first-order chi connectivity index (χ1) is 5.70. The summed E-state index contributed by atoms with van der Waals surface area (Å²) >= 11 is 0. The summed E-state index contributed by atoms with van der Waals surface area (Å²) in [5.41, 5.74) is -0.0972. The van der Waals surface area contributed by atoms with Gasteiger partial charge in [0.1, 0.15) is 5.75 Å². The van der Waals surface area contributed by atoms with Crippen LogP contribution < -0.4 is 0 Å². The monoisotopic (exact) mass is 169 g/mol. The fourth-order valence-corrected chi connectivity index (χ4v) is 0.607. The van der Waals surface area contributed by atoms with Crippen molar-refractivity contribution in [1.82, 2.24) is 0 Å². The molecular weight excluding hydrogens is 158 g/mol. The Morgan fingerprint density at radius 1 is 1.42 bits per heavy atom. The van der Waals surface area contributed by atoms with Crippen molar-refractivity contribution < 1.29 is 10.0 Å². The fraction of sp³-hybridized carbons (Fsp3) is 0.250. The van der Waals surface area contributed by atoms with E-state index in [1.165, 1.54) is 18.2 Å². The first-order valence-electron chi connectivity index (χ1n) is 3.63. The van der Waals surface area contributed by atoms with Crippen molar-refractivity contribution in [3.8, 4) is 5.75 Å². The third kappa shape index (κ3) is 3.01. The minimum atomic E-state index is -0.556. The second-order valence-corrected chi connectivity index (χ2v) is 1.78. The first kappa shape index (κ1) is 10.4. The molecule has 1 aromatic carbocycles. The Hall–Kier alpha value is -1.58. The van der Waals surface area contributed by atoms with Gasteiger partial charge in [-0.2, -0.15) is 0 Å². The number of aromatic hydroxyl groups is 1. The predicted octanol–water partition coefficient (Wildman–Crippen LogP) is 2.33. The second kappa shape index (κ2) is 5.12. The van der Waals surface area contributed by atoms with E-state index in [0.717, 1.165) is 6.07 Å². The molecule has 4 heteroatoms. The van der Waals surface area contributed by atoms with E-state index >= 15 is 0 Å². The lowest BCUT2D eigenvalue weighted by molar-refractivity contribution is -0.384. The third-order valence-electron chi connectivity index (χ3n) is 1.04. The molecule has 0 saturated heterocycles. The summed E-state index contributed by atoms with van der Waals surface area (Å²) in [7, 11) is 0. The molecule has 1 N–H and O–H groups in total. The molecule has 0 saturated carbocycles. The Morgan fingerprint density at radius 3 is 2.33 bits per heavy atom. The molecule has 0 fully saturated rings. The van der Waals surface area contributed by atoms with E-state index in [-0.39, 0.29) is 11.4 Å². The lowest BCUT2D eigenvalue weighted by Gasteiger charge is -1.89. The molecule has 1 rings (SSSR count). The zero-order valence-electron chi connectivity index (χ0n) is 7.02. The number of phenols is 1. The Balaban J connectivity index is 0.000000561. The normalized spacial score (nSPS) is 8.17. The number of rotatable bonds is 1. The van der Waals surface area contributed by atoms with Gasteiger partial charge in [-0.15, -0.1) is 0 Å². The van der Waals surface area contributed by atoms with Crippen LogP contribution >= 0.6 is 0 Å². The van der Waals surface area contributed by atoms with E-state index < -0.39 is 4.92 Å². The molecule has 0 aliphatic heterocycles. The molecule has 66 valence electrons. The minimum Gasteiger partial charge on any atom is -0.508 e. The summed E-state index contributed by atoms with van der Waals surface area (Å²) in [6, 6.07) is 5.22. The van der Waals surface area contributed by atoms with Crippen LogP contribution in [-0.4, -0.2) is 10.0 Å². The van der Waals surface area contributed by atoms with Crippen LogP contribution in [0.3, 0.4) is 0 Å².